The van der Waals surface area contributed by atoms with Gasteiger partial charge in [-0.05, 0) is 37.8 Å². The summed E-state index contributed by atoms with van der Waals surface area (Å²) in [5.41, 5.74) is 2.36. The van der Waals surface area contributed by atoms with Crippen LogP contribution in [0.5, 0.6) is 0 Å². The second-order valence-corrected chi connectivity index (χ2v) is 6.13. The molecule has 1 amide bonds. The number of fused-ring (bicyclic) bond motifs is 1. The smallest absolute Gasteiger partial charge is 0.247 e. The van der Waals surface area contributed by atoms with Crippen LogP contribution in [0.25, 0.3) is 0 Å². The molecular weight excluding hydrogens is 278 g/mol. The second kappa shape index (κ2) is 4.95. The molecule has 5 nitrogen and oxygen atoms in total. The van der Waals surface area contributed by atoms with Crippen molar-refractivity contribution in [3.63, 3.8) is 0 Å². The van der Waals surface area contributed by atoms with Crippen LogP contribution in [0.15, 0.2) is 34.9 Å². The molecule has 0 radical (unpaired) electrons. The van der Waals surface area contributed by atoms with E-state index in [0.29, 0.717) is 5.82 Å². The second-order valence-electron chi connectivity index (χ2n) is 6.13. The first-order chi connectivity index (χ1) is 10.7. The van der Waals surface area contributed by atoms with Gasteiger partial charge in [-0.15, -0.1) is 0 Å². The minimum atomic E-state index is -0.0781. The van der Waals surface area contributed by atoms with Crippen molar-refractivity contribution in [1.29, 1.82) is 0 Å². The Labute approximate surface area is 129 Å². The third-order valence-electron chi connectivity index (χ3n) is 4.70. The van der Waals surface area contributed by atoms with E-state index in [1.165, 1.54) is 11.1 Å². The Kier molecular flexibility index (Phi) is 3.04. The first-order valence-electron chi connectivity index (χ1n) is 7.74. The summed E-state index contributed by atoms with van der Waals surface area (Å²) in [6.45, 7) is 4.89. The molecular formula is C17H19N3O2. The molecule has 2 fully saturated rings. The maximum absolute atomic E-state index is 12.9. The molecule has 0 bridgehead atoms. The molecule has 0 aliphatic carbocycles. The number of carbonyl (C=O) groups excluding carboxylic acids is 1. The SMILES string of the molecule is Cc1cc(N2C(=O)[C@@H]3CCCN3[C@H]2c2ccccc2C)no1. The Balaban J connectivity index is 1.84. The molecule has 2 saturated heterocycles. The van der Waals surface area contributed by atoms with Crippen molar-refractivity contribution in [2.24, 2.45) is 0 Å². The van der Waals surface area contributed by atoms with Crippen molar-refractivity contribution < 1.29 is 9.32 Å². The van der Waals surface area contributed by atoms with E-state index in [4.69, 9.17) is 4.52 Å². The molecule has 2 atom stereocenters. The fourth-order valence-electron chi connectivity index (χ4n) is 3.68. The number of carbonyl (C=O) groups is 1. The van der Waals surface area contributed by atoms with Gasteiger partial charge in [0.2, 0.25) is 5.91 Å². The normalized spacial score (nSPS) is 25.0. The molecule has 4 rings (SSSR count). The number of hydrogen-bond acceptors (Lipinski definition) is 4. The van der Waals surface area contributed by atoms with Crippen molar-refractivity contribution in [2.75, 3.05) is 11.4 Å². The molecule has 0 N–H and O–H groups in total. The first-order valence-corrected chi connectivity index (χ1v) is 7.74. The Morgan fingerprint density at radius 1 is 1.27 bits per heavy atom. The van der Waals surface area contributed by atoms with Gasteiger partial charge in [0.15, 0.2) is 5.82 Å². The third kappa shape index (κ3) is 1.89. The number of rotatable bonds is 2. The Hall–Kier alpha value is -2.14. The van der Waals surface area contributed by atoms with Crippen molar-refractivity contribution >= 4 is 11.7 Å². The number of amides is 1. The van der Waals surface area contributed by atoms with Crippen molar-refractivity contribution in [2.45, 2.75) is 38.9 Å². The average Bonchev–Trinajstić information content (AvgIpc) is 3.18. The Morgan fingerprint density at radius 3 is 2.82 bits per heavy atom. The lowest BCUT2D eigenvalue weighted by molar-refractivity contribution is -0.119. The molecule has 114 valence electrons. The maximum atomic E-state index is 12.9. The monoisotopic (exact) mass is 297 g/mol. The maximum Gasteiger partial charge on any atom is 0.247 e. The van der Waals surface area contributed by atoms with Crippen molar-refractivity contribution in [1.82, 2.24) is 10.1 Å². The van der Waals surface area contributed by atoms with Crippen LogP contribution in [0.3, 0.4) is 0 Å². The van der Waals surface area contributed by atoms with E-state index in [1.807, 2.05) is 30.0 Å². The van der Waals surface area contributed by atoms with Crippen LogP contribution in [-0.2, 0) is 4.79 Å². The summed E-state index contributed by atoms with van der Waals surface area (Å²) >= 11 is 0. The van der Waals surface area contributed by atoms with Gasteiger partial charge < -0.3 is 4.52 Å². The molecule has 2 aliphatic rings. The fraction of sp³-hybridized carbons (Fsp3) is 0.412. The quantitative estimate of drug-likeness (QED) is 0.855. The highest BCUT2D eigenvalue weighted by molar-refractivity contribution is 5.99. The molecule has 22 heavy (non-hydrogen) atoms. The number of nitrogens with zero attached hydrogens (tertiary/aromatic N) is 3. The Morgan fingerprint density at radius 2 is 2.09 bits per heavy atom. The number of benzene rings is 1. The van der Waals surface area contributed by atoms with Gasteiger partial charge in [-0.25, -0.2) is 0 Å². The zero-order chi connectivity index (χ0) is 15.3. The van der Waals surface area contributed by atoms with Gasteiger partial charge in [0, 0.05) is 12.6 Å². The van der Waals surface area contributed by atoms with E-state index in [9.17, 15) is 4.79 Å². The van der Waals surface area contributed by atoms with E-state index in [-0.39, 0.29) is 18.1 Å². The van der Waals surface area contributed by atoms with Crippen LogP contribution in [0.1, 0.15) is 35.9 Å². The number of anilines is 1. The van der Waals surface area contributed by atoms with Crippen LogP contribution in [0, 0.1) is 13.8 Å². The topological polar surface area (TPSA) is 49.6 Å². The van der Waals surface area contributed by atoms with E-state index in [2.05, 4.69) is 29.1 Å². The van der Waals surface area contributed by atoms with E-state index in [0.717, 1.165) is 25.1 Å². The minimum Gasteiger partial charge on any atom is -0.360 e. The number of hydrogen-bond donors (Lipinski definition) is 0. The highest BCUT2D eigenvalue weighted by Gasteiger charge is 2.50. The van der Waals surface area contributed by atoms with Gasteiger partial charge in [0.1, 0.15) is 11.9 Å². The van der Waals surface area contributed by atoms with E-state index < -0.39 is 0 Å². The third-order valence-corrected chi connectivity index (χ3v) is 4.70. The summed E-state index contributed by atoms with van der Waals surface area (Å²) in [5.74, 6) is 1.47. The number of aryl methyl sites for hydroxylation is 2. The predicted octanol–water partition coefficient (Wildman–Crippen LogP) is 2.80. The van der Waals surface area contributed by atoms with Crippen LogP contribution in [0.2, 0.25) is 0 Å². The van der Waals surface area contributed by atoms with Crippen LogP contribution < -0.4 is 4.90 Å². The van der Waals surface area contributed by atoms with Gasteiger partial charge in [0.25, 0.3) is 0 Å². The molecule has 0 unspecified atom stereocenters. The molecule has 0 saturated carbocycles. The molecule has 0 spiro atoms. The minimum absolute atomic E-state index is 0.0263. The molecule has 1 aromatic heterocycles. The van der Waals surface area contributed by atoms with Gasteiger partial charge in [-0.1, -0.05) is 29.4 Å². The zero-order valence-corrected chi connectivity index (χ0v) is 12.8. The summed E-state index contributed by atoms with van der Waals surface area (Å²) in [7, 11) is 0. The lowest BCUT2D eigenvalue weighted by atomic mass is 10.1. The molecule has 1 aromatic carbocycles. The van der Waals surface area contributed by atoms with Crippen LogP contribution >= 0.6 is 0 Å². The highest BCUT2D eigenvalue weighted by atomic mass is 16.5. The standard InChI is InChI=1S/C17H19N3O2/c1-11-6-3-4-7-13(11)16-19-9-5-8-14(19)17(21)20(16)15-10-12(2)22-18-15/h3-4,6-7,10,14,16H,5,8-9H2,1-2H3/t14-,16+/m0/s1. The average molecular weight is 297 g/mol. The van der Waals surface area contributed by atoms with E-state index in [1.54, 1.807) is 0 Å². The van der Waals surface area contributed by atoms with Crippen LogP contribution in [-0.4, -0.2) is 28.6 Å². The lowest BCUT2D eigenvalue weighted by Crippen LogP contribution is -2.33. The van der Waals surface area contributed by atoms with Crippen LogP contribution in [0.4, 0.5) is 5.82 Å². The summed E-state index contributed by atoms with van der Waals surface area (Å²) in [6.07, 6.45) is 1.92. The summed E-state index contributed by atoms with van der Waals surface area (Å²) in [5, 5.41) is 4.08. The molecule has 5 heteroatoms. The number of aromatic nitrogens is 1. The molecule has 2 aromatic rings. The summed E-state index contributed by atoms with van der Waals surface area (Å²) in [4.78, 5) is 17.0. The van der Waals surface area contributed by atoms with Crippen molar-refractivity contribution in [3.05, 3.63) is 47.2 Å². The highest BCUT2D eigenvalue weighted by Crippen LogP contribution is 2.42. The van der Waals surface area contributed by atoms with E-state index >= 15 is 0 Å². The van der Waals surface area contributed by atoms with Gasteiger partial charge in [0.05, 0.1) is 6.04 Å². The molecule has 2 aliphatic heterocycles. The van der Waals surface area contributed by atoms with Gasteiger partial charge >= 0.3 is 0 Å². The largest absolute Gasteiger partial charge is 0.360 e. The first kappa shape index (κ1) is 13.5. The summed E-state index contributed by atoms with van der Waals surface area (Å²) in [6, 6.07) is 10.1. The predicted molar refractivity (Wildman–Crippen MR) is 82.4 cm³/mol. The van der Waals surface area contributed by atoms with Gasteiger partial charge in [-0.2, -0.15) is 0 Å². The van der Waals surface area contributed by atoms with Gasteiger partial charge in [-0.3, -0.25) is 14.6 Å². The molecule has 3 heterocycles. The fourth-order valence-corrected chi connectivity index (χ4v) is 3.68. The summed E-state index contributed by atoms with van der Waals surface area (Å²) < 4.78 is 5.20. The zero-order valence-electron chi connectivity index (χ0n) is 12.8. The van der Waals surface area contributed by atoms with Crippen molar-refractivity contribution in [3.8, 4) is 0 Å². The lowest BCUT2D eigenvalue weighted by Gasteiger charge is -2.29. The Bertz CT molecular complexity index is 724.